The smallest absolute Gasteiger partial charge is 0.237 e. The number of nitrogens with one attached hydrogen (secondary N) is 1. The van der Waals surface area contributed by atoms with Gasteiger partial charge in [0, 0.05) is 5.69 Å². The van der Waals surface area contributed by atoms with Crippen LogP contribution in [-0.2, 0) is 4.79 Å². The molecule has 2 aromatic carbocycles. The monoisotopic (exact) mass is 353 g/mol. The van der Waals surface area contributed by atoms with Crippen LogP contribution in [-0.4, -0.2) is 31.4 Å². The van der Waals surface area contributed by atoms with Crippen molar-refractivity contribution in [1.82, 2.24) is 20.2 Å². The maximum atomic E-state index is 12.4. The maximum Gasteiger partial charge on any atom is 0.237 e. The summed E-state index contributed by atoms with van der Waals surface area (Å²) in [6.07, 6.45) is 0. The van der Waals surface area contributed by atoms with E-state index < -0.39 is 0 Å². The van der Waals surface area contributed by atoms with Crippen LogP contribution in [0.5, 0.6) is 0 Å². The summed E-state index contributed by atoms with van der Waals surface area (Å²) in [5, 5.41) is 15.0. The quantitative estimate of drug-likeness (QED) is 0.712. The lowest BCUT2D eigenvalue weighted by Gasteiger charge is -2.12. The van der Waals surface area contributed by atoms with Gasteiger partial charge in [-0.3, -0.25) is 4.79 Å². The highest BCUT2D eigenvalue weighted by Gasteiger charge is 2.19. The third-order valence-corrected chi connectivity index (χ3v) is 4.66. The topological polar surface area (TPSA) is 72.7 Å². The molecule has 7 heteroatoms. The van der Waals surface area contributed by atoms with E-state index in [-0.39, 0.29) is 11.2 Å². The van der Waals surface area contributed by atoms with Gasteiger partial charge in [0.15, 0.2) is 0 Å². The van der Waals surface area contributed by atoms with Crippen molar-refractivity contribution in [2.45, 2.75) is 31.2 Å². The highest BCUT2D eigenvalue weighted by molar-refractivity contribution is 8.00. The zero-order chi connectivity index (χ0) is 17.8. The van der Waals surface area contributed by atoms with Crippen molar-refractivity contribution in [3.63, 3.8) is 0 Å². The van der Waals surface area contributed by atoms with E-state index in [4.69, 9.17) is 0 Å². The minimum atomic E-state index is -0.338. The molecule has 1 N–H and O–H groups in total. The third-order valence-electron chi connectivity index (χ3n) is 3.62. The first-order valence-corrected chi connectivity index (χ1v) is 8.80. The van der Waals surface area contributed by atoms with Gasteiger partial charge in [-0.25, -0.2) is 0 Å². The second-order valence-corrected chi connectivity index (χ2v) is 7.14. The van der Waals surface area contributed by atoms with E-state index in [1.165, 1.54) is 11.8 Å². The van der Waals surface area contributed by atoms with Crippen LogP contribution in [0.1, 0.15) is 18.1 Å². The predicted octanol–water partition coefficient (Wildman–Crippen LogP) is 3.40. The molecular weight excluding hydrogens is 334 g/mol. The van der Waals surface area contributed by atoms with Gasteiger partial charge in [0.2, 0.25) is 11.1 Å². The Kier molecular flexibility index (Phi) is 5.14. The lowest BCUT2D eigenvalue weighted by atomic mass is 10.2. The van der Waals surface area contributed by atoms with Gasteiger partial charge in [0.1, 0.15) is 0 Å². The number of carbonyl (C=O) groups excluding carboxylic acids is 1. The average Bonchev–Trinajstić information content (AvgIpc) is 3.03. The lowest BCUT2D eigenvalue weighted by molar-refractivity contribution is -0.115. The summed E-state index contributed by atoms with van der Waals surface area (Å²) < 4.78 is 1.65. The van der Waals surface area contributed by atoms with Crippen molar-refractivity contribution in [3.8, 4) is 5.69 Å². The van der Waals surface area contributed by atoms with Crippen LogP contribution in [0.15, 0.2) is 53.7 Å². The Morgan fingerprint density at radius 2 is 1.84 bits per heavy atom. The van der Waals surface area contributed by atoms with E-state index in [9.17, 15) is 4.79 Å². The molecule has 0 aliphatic carbocycles. The minimum Gasteiger partial charge on any atom is -0.325 e. The van der Waals surface area contributed by atoms with Crippen LogP contribution in [0.4, 0.5) is 5.69 Å². The van der Waals surface area contributed by atoms with Crippen LogP contribution < -0.4 is 5.32 Å². The molecule has 1 heterocycles. The lowest BCUT2D eigenvalue weighted by Crippen LogP contribution is -2.23. The summed E-state index contributed by atoms with van der Waals surface area (Å²) >= 11 is 1.32. The molecule has 0 aliphatic heterocycles. The number of amides is 1. The number of carbonyl (C=O) groups is 1. The van der Waals surface area contributed by atoms with Crippen molar-refractivity contribution < 1.29 is 4.79 Å². The summed E-state index contributed by atoms with van der Waals surface area (Å²) in [6.45, 7) is 5.84. The Morgan fingerprint density at radius 1 is 1.12 bits per heavy atom. The largest absolute Gasteiger partial charge is 0.325 e. The van der Waals surface area contributed by atoms with Crippen LogP contribution >= 0.6 is 11.8 Å². The summed E-state index contributed by atoms with van der Waals surface area (Å²) in [5.74, 6) is -0.0885. The Morgan fingerprint density at radius 3 is 2.56 bits per heavy atom. The molecule has 3 rings (SSSR count). The first-order chi connectivity index (χ1) is 12.0. The highest BCUT2D eigenvalue weighted by atomic mass is 32.2. The van der Waals surface area contributed by atoms with Crippen LogP contribution in [0.3, 0.4) is 0 Å². The second-order valence-electron chi connectivity index (χ2n) is 5.83. The van der Waals surface area contributed by atoms with Crippen LogP contribution in [0.25, 0.3) is 5.69 Å². The molecule has 0 saturated heterocycles. The van der Waals surface area contributed by atoms with Crippen LogP contribution in [0, 0.1) is 13.8 Å². The third kappa shape index (κ3) is 4.24. The van der Waals surface area contributed by atoms with Crippen molar-refractivity contribution in [1.29, 1.82) is 0 Å². The number of aromatic nitrogens is 4. The van der Waals surface area contributed by atoms with E-state index in [0.717, 1.165) is 22.5 Å². The summed E-state index contributed by atoms with van der Waals surface area (Å²) in [6, 6.07) is 15.6. The predicted molar refractivity (Wildman–Crippen MR) is 99.0 cm³/mol. The molecule has 1 amide bonds. The number of thioether (sulfide) groups is 1. The number of hydrogen-bond acceptors (Lipinski definition) is 5. The second kappa shape index (κ2) is 7.48. The number of aryl methyl sites for hydroxylation is 2. The molecule has 25 heavy (non-hydrogen) atoms. The van der Waals surface area contributed by atoms with Crippen molar-refractivity contribution >= 4 is 23.4 Å². The van der Waals surface area contributed by atoms with Crippen molar-refractivity contribution in [2.24, 2.45) is 0 Å². The number of hydrogen-bond donors (Lipinski definition) is 1. The molecule has 0 aliphatic rings. The van der Waals surface area contributed by atoms with E-state index >= 15 is 0 Å². The number of rotatable bonds is 5. The first kappa shape index (κ1) is 17.2. The molecule has 0 spiro atoms. The maximum absolute atomic E-state index is 12.4. The van der Waals surface area contributed by atoms with Crippen molar-refractivity contribution in [2.75, 3.05) is 5.32 Å². The number of tetrazole rings is 1. The fourth-order valence-electron chi connectivity index (χ4n) is 2.35. The number of nitrogens with zero attached hydrogens (tertiary/aromatic N) is 4. The van der Waals surface area contributed by atoms with Gasteiger partial charge in [0.05, 0.1) is 10.9 Å². The molecule has 0 unspecified atom stereocenters. The van der Waals surface area contributed by atoms with Gasteiger partial charge < -0.3 is 5.32 Å². The molecule has 0 saturated carbocycles. The molecule has 0 fully saturated rings. The minimum absolute atomic E-state index is 0.0885. The first-order valence-electron chi connectivity index (χ1n) is 7.92. The molecule has 0 radical (unpaired) electrons. The summed E-state index contributed by atoms with van der Waals surface area (Å²) in [4.78, 5) is 12.4. The van der Waals surface area contributed by atoms with Gasteiger partial charge >= 0.3 is 0 Å². The fraction of sp³-hybridized carbons (Fsp3) is 0.222. The van der Waals surface area contributed by atoms with Gasteiger partial charge in [-0.05, 0) is 66.6 Å². The zero-order valence-corrected chi connectivity index (χ0v) is 15.1. The van der Waals surface area contributed by atoms with E-state index in [0.29, 0.717) is 5.16 Å². The number of anilines is 1. The number of benzene rings is 2. The van der Waals surface area contributed by atoms with E-state index in [2.05, 4.69) is 20.8 Å². The molecule has 1 atom stereocenters. The standard InChI is InChI=1S/C18H19N5OS/c1-12-6-4-8-15(10-12)19-17(24)14(3)25-18-20-21-22-23(18)16-9-5-7-13(2)11-16/h4-11,14H,1-3H3,(H,19,24)/t14-/m1/s1. The van der Waals surface area contributed by atoms with Gasteiger partial charge in [-0.1, -0.05) is 36.0 Å². The molecule has 1 aromatic heterocycles. The summed E-state index contributed by atoms with van der Waals surface area (Å²) in [7, 11) is 0. The fourth-order valence-corrected chi connectivity index (χ4v) is 3.16. The Bertz CT molecular complexity index is 892. The highest BCUT2D eigenvalue weighted by Crippen LogP contribution is 2.24. The molecule has 0 bridgehead atoms. The van der Waals surface area contributed by atoms with E-state index in [1.807, 2.05) is 69.3 Å². The molecular formula is C18H19N5OS. The normalized spacial score (nSPS) is 12.0. The van der Waals surface area contributed by atoms with Crippen molar-refractivity contribution in [3.05, 3.63) is 59.7 Å². The van der Waals surface area contributed by atoms with Crippen LogP contribution in [0.2, 0.25) is 0 Å². The van der Waals surface area contributed by atoms with Gasteiger partial charge in [0.25, 0.3) is 0 Å². The Balaban J connectivity index is 1.72. The zero-order valence-electron chi connectivity index (χ0n) is 14.3. The SMILES string of the molecule is Cc1cccc(NC(=O)[C@@H](C)Sc2nnnn2-c2cccc(C)c2)c1. The van der Waals surface area contributed by atoms with E-state index in [1.54, 1.807) is 4.68 Å². The Hall–Kier alpha value is -2.67. The molecule has 128 valence electrons. The molecule has 3 aromatic rings. The molecule has 6 nitrogen and oxygen atoms in total. The summed E-state index contributed by atoms with van der Waals surface area (Å²) in [5.41, 5.74) is 3.88. The Labute approximate surface area is 150 Å². The van der Waals surface area contributed by atoms with Gasteiger partial charge in [-0.15, -0.1) is 5.10 Å². The van der Waals surface area contributed by atoms with Gasteiger partial charge in [-0.2, -0.15) is 4.68 Å². The average molecular weight is 353 g/mol.